The van der Waals surface area contributed by atoms with Gasteiger partial charge in [0, 0.05) is 12.0 Å². The first-order valence-electron chi connectivity index (χ1n) is 5.24. The van der Waals surface area contributed by atoms with E-state index in [9.17, 15) is 4.79 Å². The summed E-state index contributed by atoms with van der Waals surface area (Å²) in [5.74, 6) is 0.434. The number of ketones is 1. The minimum atomic E-state index is 0.157. The van der Waals surface area contributed by atoms with Gasteiger partial charge in [-0.25, -0.2) is 0 Å². The van der Waals surface area contributed by atoms with Crippen LogP contribution in [0.15, 0.2) is 0 Å². The Labute approximate surface area is 81.3 Å². The van der Waals surface area contributed by atoms with Gasteiger partial charge in [0.15, 0.2) is 0 Å². The molecule has 1 aliphatic carbocycles. The predicted molar refractivity (Wildman–Crippen MR) is 54.8 cm³/mol. The van der Waals surface area contributed by atoms with Gasteiger partial charge in [0.2, 0.25) is 0 Å². The van der Waals surface area contributed by atoms with E-state index in [1.807, 2.05) is 0 Å². The van der Waals surface area contributed by atoms with Gasteiger partial charge >= 0.3 is 0 Å². The topological polar surface area (TPSA) is 20.3 Å². The maximum atomic E-state index is 11.5. The van der Waals surface area contributed by atoms with Crippen molar-refractivity contribution in [3.63, 3.8) is 0 Å². The standard InChI is InChI=1S/C11H21NO/c1-5-11(2,3)12(4)9-7-6-8-10(9)13/h9H,5-8H2,1-4H3. The maximum Gasteiger partial charge on any atom is 0.149 e. The van der Waals surface area contributed by atoms with Crippen molar-refractivity contribution in [3.8, 4) is 0 Å². The Hall–Kier alpha value is -0.370. The van der Waals surface area contributed by atoms with E-state index in [1.165, 1.54) is 0 Å². The normalized spacial score (nSPS) is 24.4. The molecule has 1 rings (SSSR count). The number of nitrogens with zero attached hydrogens (tertiary/aromatic N) is 1. The summed E-state index contributed by atoms with van der Waals surface area (Å²) in [6, 6.07) is 0.190. The van der Waals surface area contributed by atoms with Crippen LogP contribution in [0.3, 0.4) is 0 Å². The summed E-state index contributed by atoms with van der Waals surface area (Å²) in [6.07, 6.45) is 4.01. The lowest BCUT2D eigenvalue weighted by Gasteiger charge is -2.38. The van der Waals surface area contributed by atoms with Crippen molar-refractivity contribution in [3.05, 3.63) is 0 Å². The quantitative estimate of drug-likeness (QED) is 0.668. The summed E-state index contributed by atoms with van der Waals surface area (Å²) in [5.41, 5.74) is 0.157. The molecule has 0 radical (unpaired) electrons. The summed E-state index contributed by atoms with van der Waals surface area (Å²) in [5, 5.41) is 0. The van der Waals surface area contributed by atoms with E-state index in [4.69, 9.17) is 0 Å². The number of rotatable bonds is 3. The molecule has 0 aromatic carbocycles. The molecule has 1 aliphatic rings. The minimum Gasteiger partial charge on any atom is -0.298 e. The molecule has 1 fully saturated rings. The molecule has 0 bridgehead atoms. The molecular formula is C11H21NO. The van der Waals surface area contributed by atoms with Crippen LogP contribution in [0.2, 0.25) is 0 Å². The highest BCUT2D eigenvalue weighted by Crippen LogP contribution is 2.26. The van der Waals surface area contributed by atoms with E-state index >= 15 is 0 Å². The lowest BCUT2D eigenvalue weighted by Crippen LogP contribution is -2.48. The molecule has 0 aliphatic heterocycles. The number of hydrogen-bond donors (Lipinski definition) is 0. The van der Waals surface area contributed by atoms with E-state index in [0.29, 0.717) is 5.78 Å². The minimum absolute atomic E-state index is 0.157. The molecule has 0 N–H and O–H groups in total. The van der Waals surface area contributed by atoms with Crippen LogP contribution in [0, 0.1) is 0 Å². The lowest BCUT2D eigenvalue weighted by atomic mass is 9.97. The van der Waals surface area contributed by atoms with Crippen LogP contribution < -0.4 is 0 Å². The van der Waals surface area contributed by atoms with E-state index in [1.54, 1.807) is 0 Å². The SMILES string of the molecule is CCC(C)(C)N(C)C1CCCC1=O. The smallest absolute Gasteiger partial charge is 0.149 e. The monoisotopic (exact) mass is 183 g/mol. The van der Waals surface area contributed by atoms with Crippen LogP contribution >= 0.6 is 0 Å². The van der Waals surface area contributed by atoms with Crippen molar-refractivity contribution in [1.82, 2.24) is 4.90 Å². The third kappa shape index (κ3) is 2.11. The molecule has 2 heteroatoms. The van der Waals surface area contributed by atoms with Gasteiger partial charge in [-0.05, 0) is 40.2 Å². The van der Waals surface area contributed by atoms with E-state index in [-0.39, 0.29) is 11.6 Å². The number of carbonyl (C=O) groups is 1. The summed E-state index contributed by atoms with van der Waals surface area (Å²) in [4.78, 5) is 13.8. The second-order valence-electron chi connectivity index (χ2n) is 4.65. The Kier molecular flexibility index (Phi) is 3.12. The summed E-state index contributed by atoms with van der Waals surface area (Å²) in [6.45, 7) is 6.59. The molecule has 0 amide bonds. The van der Waals surface area contributed by atoms with Gasteiger partial charge in [0.05, 0.1) is 6.04 Å². The molecule has 1 atom stereocenters. The predicted octanol–water partition coefficient (Wildman–Crippen LogP) is 2.23. The first-order valence-corrected chi connectivity index (χ1v) is 5.24. The van der Waals surface area contributed by atoms with Crippen LogP contribution in [-0.4, -0.2) is 29.3 Å². The second kappa shape index (κ2) is 3.79. The van der Waals surface area contributed by atoms with Gasteiger partial charge in [0.25, 0.3) is 0 Å². The van der Waals surface area contributed by atoms with Crippen molar-refractivity contribution >= 4 is 5.78 Å². The van der Waals surface area contributed by atoms with Crippen molar-refractivity contribution in [2.75, 3.05) is 7.05 Å². The largest absolute Gasteiger partial charge is 0.298 e. The number of Topliss-reactive ketones (excluding diaryl/α,β-unsaturated/α-hetero) is 1. The van der Waals surface area contributed by atoms with Gasteiger partial charge in [0.1, 0.15) is 5.78 Å². The van der Waals surface area contributed by atoms with Crippen molar-refractivity contribution < 1.29 is 4.79 Å². The van der Waals surface area contributed by atoms with E-state index in [2.05, 4.69) is 32.7 Å². The highest BCUT2D eigenvalue weighted by molar-refractivity contribution is 5.85. The zero-order valence-electron chi connectivity index (χ0n) is 9.26. The van der Waals surface area contributed by atoms with Crippen LogP contribution in [0.4, 0.5) is 0 Å². The van der Waals surface area contributed by atoms with Crippen LogP contribution in [0.5, 0.6) is 0 Å². The van der Waals surface area contributed by atoms with Gasteiger partial charge in [-0.2, -0.15) is 0 Å². The van der Waals surface area contributed by atoms with Crippen LogP contribution in [0.1, 0.15) is 46.5 Å². The Morgan fingerprint density at radius 1 is 1.54 bits per heavy atom. The molecule has 0 saturated heterocycles. The average Bonchev–Trinajstić information content (AvgIpc) is 2.50. The third-order valence-corrected chi connectivity index (χ3v) is 3.56. The fourth-order valence-corrected chi connectivity index (χ4v) is 1.88. The van der Waals surface area contributed by atoms with E-state index in [0.717, 1.165) is 25.7 Å². The van der Waals surface area contributed by atoms with Crippen molar-refractivity contribution in [2.24, 2.45) is 0 Å². The first kappa shape index (κ1) is 10.7. The van der Waals surface area contributed by atoms with Crippen LogP contribution in [0.25, 0.3) is 0 Å². The molecule has 0 spiro atoms. The molecule has 2 nitrogen and oxygen atoms in total. The molecule has 0 heterocycles. The highest BCUT2D eigenvalue weighted by atomic mass is 16.1. The zero-order chi connectivity index (χ0) is 10.1. The molecule has 0 aromatic rings. The number of likely N-dealkylation sites (N-methyl/N-ethyl adjacent to an activating group) is 1. The van der Waals surface area contributed by atoms with Gasteiger partial charge in [-0.15, -0.1) is 0 Å². The number of carbonyl (C=O) groups excluding carboxylic acids is 1. The third-order valence-electron chi connectivity index (χ3n) is 3.56. The first-order chi connectivity index (χ1) is 5.99. The Bertz CT molecular complexity index is 198. The van der Waals surface area contributed by atoms with Crippen LogP contribution in [-0.2, 0) is 4.79 Å². The van der Waals surface area contributed by atoms with Crippen molar-refractivity contribution in [1.29, 1.82) is 0 Å². The van der Waals surface area contributed by atoms with E-state index < -0.39 is 0 Å². The fourth-order valence-electron chi connectivity index (χ4n) is 1.88. The molecule has 1 unspecified atom stereocenters. The zero-order valence-corrected chi connectivity index (χ0v) is 9.26. The fraction of sp³-hybridized carbons (Fsp3) is 0.909. The maximum absolute atomic E-state index is 11.5. The Balaban J connectivity index is 2.66. The van der Waals surface area contributed by atoms with Gasteiger partial charge in [-0.3, -0.25) is 9.69 Å². The van der Waals surface area contributed by atoms with Crippen molar-refractivity contribution in [2.45, 2.75) is 58.0 Å². The number of hydrogen-bond acceptors (Lipinski definition) is 2. The highest BCUT2D eigenvalue weighted by Gasteiger charge is 2.34. The summed E-state index contributed by atoms with van der Waals surface area (Å²) >= 11 is 0. The second-order valence-corrected chi connectivity index (χ2v) is 4.65. The summed E-state index contributed by atoms with van der Waals surface area (Å²) in [7, 11) is 2.08. The Morgan fingerprint density at radius 2 is 2.15 bits per heavy atom. The molecule has 0 aromatic heterocycles. The molecule has 13 heavy (non-hydrogen) atoms. The Morgan fingerprint density at radius 3 is 2.54 bits per heavy atom. The lowest BCUT2D eigenvalue weighted by molar-refractivity contribution is -0.123. The molecule has 1 saturated carbocycles. The molecule has 76 valence electrons. The van der Waals surface area contributed by atoms with Gasteiger partial charge < -0.3 is 0 Å². The van der Waals surface area contributed by atoms with Gasteiger partial charge in [-0.1, -0.05) is 6.92 Å². The molecular weight excluding hydrogens is 162 g/mol. The summed E-state index contributed by atoms with van der Waals surface area (Å²) < 4.78 is 0. The average molecular weight is 183 g/mol.